The van der Waals surface area contributed by atoms with Crippen LogP contribution in [0.25, 0.3) is 0 Å². The molecule has 0 fully saturated rings. The zero-order valence-electron chi connectivity index (χ0n) is 10.3. The van der Waals surface area contributed by atoms with Gasteiger partial charge in [0.05, 0.1) is 6.54 Å². The Bertz CT molecular complexity index is 460. The highest BCUT2D eigenvalue weighted by atomic mass is 32.2. The summed E-state index contributed by atoms with van der Waals surface area (Å²) in [5.41, 5.74) is 2.02. The van der Waals surface area contributed by atoms with E-state index in [0.29, 0.717) is 6.42 Å². The van der Waals surface area contributed by atoms with Crippen LogP contribution < -0.4 is 5.32 Å². The van der Waals surface area contributed by atoms with Gasteiger partial charge in [0.25, 0.3) is 0 Å². The first-order chi connectivity index (χ1) is 8.74. The quantitative estimate of drug-likeness (QED) is 0.921. The molecule has 0 saturated carbocycles. The van der Waals surface area contributed by atoms with Gasteiger partial charge in [-0.25, -0.2) is 0 Å². The Morgan fingerprint density at radius 2 is 2.44 bits per heavy atom. The molecule has 5 heteroatoms. The molecule has 0 aliphatic carbocycles. The molecule has 0 spiro atoms. The maximum atomic E-state index is 11.7. The molecule has 0 unspecified atom stereocenters. The van der Waals surface area contributed by atoms with Crippen LogP contribution in [0.3, 0.4) is 0 Å². The lowest BCUT2D eigenvalue weighted by Gasteiger charge is -2.05. The van der Waals surface area contributed by atoms with E-state index < -0.39 is 0 Å². The number of benzene rings is 1. The number of rotatable bonds is 4. The Morgan fingerprint density at radius 1 is 1.56 bits per heavy atom. The Kier molecular flexibility index (Phi) is 5.13. The van der Waals surface area contributed by atoms with Crippen LogP contribution in [0.4, 0.5) is 5.69 Å². The summed E-state index contributed by atoms with van der Waals surface area (Å²) in [6, 6.07) is 7.85. The molecule has 0 atom stereocenters. The minimum atomic E-state index is 0.0664. The molecule has 3 nitrogen and oxygen atoms in total. The van der Waals surface area contributed by atoms with Crippen molar-refractivity contribution in [1.82, 2.24) is 0 Å². The lowest BCUT2D eigenvalue weighted by molar-refractivity contribution is -0.115. The van der Waals surface area contributed by atoms with Crippen LogP contribution in [0, 0.1) is 6.92 Å². The normalized spacial score (nSPS) is 14.4. The number of nitrogens with one attached hydrogen (secondary N) is 1. The highest BCUT2D eigenvalue weighted by Gasteiger charge is 2.09. The molecule has 0 aromatic heterocycles. The molecule has 96 valence electrons. The van der Waals surface area contributed by atoms with E-state index in [1.54, 1.807) is 23.5 Å². The van der Waals surface area contributed by atoms with E-state index in [1.807, 2.05) is 31.2 Å². The second-order valence-corrected chi connectivity index (χ2v) is 6.44. The predicted octanol–water partition coefficient (Wildman–Crippen LogP) is 3.16. The Hall–Kier alpha value is -0.940. The molecule has 1 aliphatic heterocycles. The summed E-state index contributed by atoms with van der Waals surface area (Å²) in [5.74, 6) is 1.94. The molecule has 1 aromatic rings. The van der Waals surface area contributed by atoms with Crippen LogP contribution in [-0.2, 0) is 4.79 Å². The molecule has 1 N–H and O–H groups in total. The van der Waals surface area contributed by atoms with Crippen molar-refractivity contribution in [2.24, 2.45) is 4.99 Å². The first-order valence-corrected chi connectivity index (χ1v) is 7.88. The number of amides is 1. The minimum absolute atomic E-state index is 0.0664. The second-order valence-electron chi connectivity index (χ2n) is 4.01. The monoisotopic (exact) mass is 280 g/mol. The molecule has 2 rings (SSSR count). The van der Waals surface area contributed by atoms with Crippen LogP contribution in [0.5, 0.6) is 0 Å². The zero-order chi connectivity index (χ0) is 12.8. The third-order valence-electron chi connectivity index (χ3n) is 2.41. The first-order valence-electron chi connectivity index (χ1n) is 5.90. The van der Waals surface area contributed by atoms with Gasteiger partial charge in [0.2, 0.25) is 5.91 Å². The topological polar surface area (TPSA) is 41.5 Å². The molecule has 1 heterocycles. The van der Waals surface area contributed by atoms with Crippen LogP contribution in [-0.4, -0.2) is 28.3 Å². The number of aliphatic imine (C=N–C) groups is 1. The molecule has 18 heavy (non-hydrogen) atoms. The smallest absolute Gasteiger partial charge is 0.225 e. The average Bonchev–Trinajstić information content (AvgIpc) is 2.82. The molecular formula is C13H16N2OS2. The molecular weight excluding hydrogens is 264 g/mol. The summed E-state index contributed by atoms with van der Waals surface area (Å²) in [6.45, 7) is 2.93. The van der Waals surface area contributed by atoms with Gasteiger partial charge in [-0.05, 0) is 24.6 Å². The van der Waals surface area contributed by atoms with Gasteiger partial charge in [-0.3, -0.25) is 9.79 Å². The van der Waals surface area contributed by atoms with E-state index in [1.165, 1.54) is 0 Å². The van der Waals surface area contributed by atoms with Crippen LogP contribution in [0.2, 0.25) is 0 Å². The van der Waals surface area contributed by atoms with E-state index in [4.69, 9.17) is 0 Å². The summed E-state index contributed by atoms with van der Waals surface area (Å²) < 4.78 is 1.12. The van der Waals surface area contributed by atoms with E-state index >= 15 is 0 Å². The van der Waals surface area contributed by atoms with E-state index in [-0.39, 0.29) is 5.91 Å². The number of aryl methyl sites for hydroxylation is 1. The van der Waals surface area contributed by atoms with Crippen LogP contribution >= 0.6 is 23.5 Å². The van der Waals surface area contributed by atoms with E-state index in [0.717, 1.165) is 33.7 Å². The summed E-state index contributed by atoms with van der Waals surface area (Å²) >= 11 is 3.46. The van der Waals surface area contributed by atoms with E-state index in [9.17, 15) is 4.79 Å². The maximum absolute atomic E-state index is 11.7. The number of carbonyl (C=O) groups excluding carboxylic acids is 1. The predicted molar refractivity (Wildman–Crippen MR) is 81.6 cm³/mol. The molecule has 0 bridgehead atoms. The Balaban J connectivity index is 1.71. The van der Waals surface area contributed by atoms with Crippen molar-refractivity contribution in [1.29, 1.82) is 0 Å². The fraction of sp³-hybridized carbons (Fsp3) is 0.385. The minimum Gasteiger partial charge on any atom is -0.326 e. The van der Waals surface area contributed by atoms with Crippen molar-refractivity contribution in [3.63, 3.8) is 0 Å². The average molecular weight is 280 g/mol. The van der Waals surface area contributed by atoms with Gasteiger partial charge in [-0.15, -0.1) is 0 Å². The van der Waals surface area contributed by atoms with Crippen LogP contribution in [0.1, 0.15) is 12.0 Å². The largest absolute Gasteiger partial charge is 0.326 e. The number of carbonyl (C=O) groups is 1. The fourth-order valence-electron chi connectivity index (χ4n) is 1.58. The van der Waals surface area contributed by atoms with Crippen molar-refractivity contribution in [3.8, 4) is 0 Å². The molecule has 0 saturated heterocycles. The third kappa shape index (κ3) is 4.38. The zero-order valence-corrected chi connectivity index (χ0v) is 11.9. The van der Waals surface area contributed by atoms with E-state index in [2.05, 4.69) is 10.3 Å². The summed E-state index contributed by atoms with van der Waals surface area (Å²) in [5, 5.41) is 2.91. The lowest BCUT2D eigenvalue weighted by atomic mass is 10.2. The number of hydrogen-bond donors (Lipinski definition) is 1. The van der Waals surface area contributed by atoms with Gasteiger partial charge in [0, 0.05) is 23.6 Å². The first kappa shape index (κ1) is 13.5. The van der Waals surface area contributed by atoms with Crippen molar-refractivity contribution >= 4 is 39.5 Å². The van der Waals surface area contributed by atoms with Crippen LogP contribution in [0.15, 0.2) is 29.3 Å². The SMILES string of the molecule is Cc1cccc(NC(=O)CCSC2=NCCS2)c1. The second kappa shape index (κ2) is 6.85. The molecule has 0 radical (unpaired) electrons. The number of nitrogens with zero attached hydrogens (tertiary/aromatic N) is 1. The lowest BCUT2D eigenvalue weighted by Crippen LogP contribution is -2.12. The number of hydrogen-bond acceptors (Lipinski definition) is 4. The number of thioether (sulfide) groups is 2. The summed E-state index contributed by atoms with van der Waals surface area (Å²) in [7, 11) is 0. The van der Waals surface area contributed by atoms with Gasteiger partial charge in [-0.2, -0.15) is 0 Å². The van der Waals surface area contributed by atoms with Gasteiger partial charge in [0.15, 0.2) is 0 Å². The molecule has 1 aliphatic rings. The highest BCUT2D eigenvalue weighted by molar-refractivity contribution is 8.39. The number of anilines is 1. The van der Waals surface area contributed by atoms with Crippen molar-refractivity contribution in [2.75, 3.05) is 23.4 Å². The Labute approximate surface area is 116 Å². The standard InChI is InChI=1S/C13H16N2OS2/c1-10-3-2-4-11(9-10)15-12(16)5-7-17-13-14-6-8-18-13/h2-4,9H,5-8H2,1H3,(H,15,16). The van der Waals surface area contributed by atoms with Gasteiger partial charge < -0.3 is 5.32 Å². The summed E-state index contributed by atoms with van der Waals surface area (Å²) in [4.78, 5) is 16.1. The molecule has 1 amide bonds. The van der Waals surface area contributed by atoms with Gasteiger partial charge in [0.1, 0.15) is 4.38 Å². The van der Waals surface area contributed by atoms with Gasteiger partial charge in [-0.1, -0.05) is 35.7 Å². The van der Waals surface area contributed by atoms with Gasteiger partial charge >= 0.3 is 0 Å². The maximum Gasteiger partial charge on any atom is 0.225 e. The van der Waals surface area contributed by atoms with Crippen molar-refractivity contribution < 1.29 is 4.79 Å². The third-order valence-corrected chi connectivity index (χ3v) is 4.67. The Morgan fingerprint density at radius 3 is 3.17 bits per heavy atom. The highest BCUT2D eigenvalue weighted by Crippen LogP contribution is 2.22. The fourth-order valence-corrected chi connectivity index (χ4v) is 3.60. The van der Waals surface area contributed by atoms with Crippen molar-refractivity contribution in [3.05, 3.63) is 29.8 Å². The van der Waals surface area contributed by atoms with Crippen molar-refractivity contribution in [2.45, 2.75) is 13.3 Å². The molecule has 1 aromatic carbocycles. The summed E-state index contributed by atoms with van der Waals surface area (Å²) in [6.07, 6.45) is 0.526.